The van der Waals surface area contributed by atoms with Crippen LogP contribution in [0.3, 0.4) is 0 Å². The van der Waals surface area contributed by atoms with Crippen LogP contribution in [-0.2, 0) is 10.5 Å². The molecule has 0 saturated heterocycles. The van der Waals surface area contributed by atoms with Crippen LogP contribution in [0.2, 0.25) is 0 Å². The standard InChI is InChI=1S/C9H6N2O2S/c12-14(13)11-8-5-1-3-7-4-2-6-10-9(7)8/h1-6H. The maximum atomic E-state index is 10.4. The maximum Gasteiger partial charge on any atom is 0.316 e. The lowest BCUT2D eigenvalue weighted by atomic mass is 10.2. The van der Waals surface area contributed by atoms with Crippen LogP contribution in [0.4, 0.5) is 5.69 Å². The van der Waals surface area contributed by atoms with Gasteiger partial charge in [0, 0.05) is 11.6 Å². The molecule has 1 aromatic carbocycles. The second-order valence-corrected chi connectivity index (χ2v) is 3.28. The fraction of sp³-hybridized carbons (Fsp3) is 0. The highest BCUT2D eigenvalue weighted by molar-refractivity contribution is 7.61. The lowest BCUT2D eigenvalue weighted by Crippen LogP contribution is -1.77. The van der Waals surface area contributed by atoms with Gasteiger partial charge in [-0.2, -0.15) is 8.42 Å². The van der Waals surface area contributed by atoms with Crippen molar-refractivity contribution in [1.82, 2.24) is 4.98 Å². The third-order valence-corrected chi connectivity index (χ3v) is 2.13. The number of pyridine rings is 1. The molecule has 0 unspecified atom stereocenters. The number of nitrogens with zero attached hydrogens (tertiary/aromatic N) is 2. The first-order valence-corrected chi connectivity index (χ1v) is 4.95. The third kappa shape index (κ3) is 1.62. The summed E-state index contributed by atoms with van der Waals surface area (Å²) in [7, 11) is -2.44. The molecule has 70 valence electrons. The molecule has 0 spiro atoms. The first kappa shape index (κ1) is 8.83. The second kappa shape index (κ2) is 3.55. The van der Waals surface area contributed by atoms with Gasteiger partial charge in [-0.05, 0) is 12.1 Å². The number of rotatable bonds is 1. The van der Waals surface area contributed by atoms with E-state index in [1.807, 2.05) is 12.1 Å². The zero-order valence-corrected chi connectivity index (χ0v) is 7.90. The molecule has 0 bridgehead atoms. The fourth-order valence-corrected chi connectivity index (χ4v) is 1.55. The Labute approximate surface area is 81.9 Å². The van der Waals surface area contributed by atoms with Crippen LogP contribution < -0.4 is 0 Å². The first-order chi connectivity index (χ1) is 6.77. The fourth-order valence-electron chi connectivity index (χ4n) is 1.24. The molecule has 0 aliphatic carbocycles. The van der Waals surface area contributed by atoms with Crippen LogP contribution in [0.15, 0.2) is 40.9 Å². The summed E-state index contributed by atoms with van der Waals surface area (Å²) in [4.78, 5) is 4.07. The highest BCUT2D eigenvalue weighted by Crippen LogP contribution is 2.22. The minimum absolute atomic E-state index is 0.372. The Morgan fingerprint density at radius 3 is 2.71 bits per heavy atom. The molecule has 0 N–H and O–H groups in total. The Kier molecular flexibility index (Phi) is 2.24. The quantitative estimate of drug-likeness (QED) is 0.716. The summed E-state index contributed by atoms with van der Waals surface area (Å²) in [6.45, 7) is 0. The maximum absolute atomic E-state index is 10.4. The molecule has 5 heteroatoms. The van der Waals surface area contributed by atoms with Gasteiger partial charge in [0.05, 0.1) is 5.52 Å². The Bertz CT molecular complexity index is 592. The third-order valence-electron chi connectivity index (χ3n) is 1.78. The Morgan fingerprint density at radius 1 is 1.14 bits per heavy atom. The minimum Gasteiger partial charge on any atom is -0.254 e. The number of benzene rings is 1. The topological polar surface area (TPSA) is 59.4 Å². The Morgan fingerprint density at radius 2 is 1.93 bits per heavy atom. The second-order valence-electron chi connectivity index (χ2n) is 2.66. The molecule has 0 aliphatic rings. The number of hydrogen-bond acceptors (Lipinski definition) is 4. The van der Waals surface area contributed by atoms with E-state index in [1.54, 1.807) is 24.4 Å². The molecule has 4 nitrogen and oxygen atoms in total. The zero-order valence-electron chi connectivity index (χ0n) is 7.08. The van der Waals surface area contributed by atoms with Crippen LogP contribution in [0.5, 0.6) is 0 Å². The van der Waals surface area contributed by atoms with E-state index in [9.17, 15) is 8.42 Å². The van der Waals surface area contributed by atoms with E-state index in [2.05, 4.69) is 9.35 Å². The van der Waals surface area contributed by atoms with E-state index < -0.39 is 10.5 Å². The van der Waals surface area contributed by atoms with E-state index in [0.29, 0.717) is 11.2 Å². The molecule has 14 heavy (non-hydrogen) atoms. The van der Waals surface area contributed by atoms with Crippen molar-refractivity contribution in [2.24, 2.45) is 4.36 Å². The number of aromatic nitrogens is 1. The van der Waals surface area contributed by atoms with Crippen LogP contribution in [0.25, 0.3) is 10.9 Å². The normalized spacial score (nSPS) is 10.0. The average Bonchev–Trinajstić information content (AvgIpc) is 2.18. The number of hydrogen-bond donors (Lipinski definition) is 0. The van der Waals surface area contributed by atoms with Crippen molar-refractivity contribution < 1.29 is 8.42 Å². The van der Waals surface area contributed by atoms with Crippen molar-refractivity contribution >= 4 is 27.1 Å². The molecule has 0 atom stereocenters. The van der Waals surface area contributed by atoms with Gasteiger partial charge in [-0.1, -0.05) is 18.2 Å². The predicted molar refractivity (Wildman–Crippen MR) is 52.8 cm³/mol. The molecule has 0 amide bonds. The predicted octanol–water partition coefficient (Wildman–Crippen LogP) is 1.93. The van der Waals surface area contributed by atoms with Crippen molar-refractivity contribution in [3.8, 4) is 0 Å². The molecule has 1 heterocycles. The van der Waals surface area contributed by atoms with Gasteiger partial charge < -0.3 is 0 Å². The lowest BCUT2D eigenvalue weighted by molar-refractivity contribution is 0.622. The van der Waals surface area contributed by atoms with Crippen LogP contribution in [0.1, 0.15) is 0 Å². The van der Waals surface area contributed by atoms with Gasteiger partial charge in [0.25, 0.3) is 0 Å². The molecule has 1 aromatic heterocycles. The summed E-state index contributed by atoms with van der Waals surface area (Å²) in [5.74, 6) is 0. The van der Waals surface area contributed by atoms with Gasteiger partial charge in [0.2, 0.25) is 0 Å². The molecule has 0 fully saturated rings. The van der Waals surface area contributed by atoms with E-state index in [1.165, 1.54) is 0 Å². The molecular formula is C9H6N2O2S. The van der Waals surface area contributed by atoms with Crippen LogP contribution in [0, 0.1) is 0 Å². The van der Waals surface area contributed by atoms with Gasteiger partial charge >= 0.3 is 10.5 Å². The zero-order chi connectivity index (χ0) is 9.97. The summed E-state index contributed by atoms with van der Waals surface area (Å²) in [5, 5.41) is 0.874. The van der Waals surface area contributed by atoms with Gasteiger partial charge in [0.1, 0.15) is 5.69 Å². The molecule has 0 aliphatic heterocycles. The van der Waals surface area contributed by atoms with E-state index >= 15 is 0 Å². The monoisotopic (exact) mass is 206 g/mol. The van der Waals surface area contributed by atoms with Crippen molar-refractivity contribution in [2.75, 3.05) is 0 Å². The van der Waals surface area contributed by atoms with Crippen LogP contribution in [-0.4, -0.2) is 13.4 Å². The number of fused-ring (bicyclic) bond motifs is 1. The Hall–Kier alpha value is -1.75. The summed E-state index contributed by atoms with van der Waals surface area (Å²) < 4.78 is 24.3. The van der Waals surface area contributed by atoms with E-state index in [-0.39, 0.29) is 0 Å². The highest BCUT2D eigenvalue weighted by Gasteiger charge is 1.99. The van der Waals surface area contributed by atoms with Gasteiger partial charge in [0.15, 0.2) is 0 Å². The molecule has 0 saturated carbocycles. The van der Waals surface area contributed by atoms with Crippen molar-refractivity contribution in [3.05, 3.63) is 36.5 Å². The van der Waals surface area contributed by atoms with Crippen LogP contribution >= 0.6 is 0 Å². The largest absolute Gasteiger partial charge is 0.316 e. The van der Waals surface area contributed by atoms with Gasteiger partial charge in [-0.25, -0.2) is 0 Å². The first-order valence-electron chi connectivity index (χ1n) is 3.92. The van der Waals surface area contributed by atoms with Gasteiger partial charge in [-0.3, -0.25) is 4.98 Å². The summed E-state index contributed by atoms with van der Waals surface area (Å²) in [6, 6.07) is 8.87. The lowest BCUT2D eigenvalue weighted by Gasteiger charge is -1.96. The molecular weight excluding hydrogens is 200 g/mol. The summed E-state index contributed by atoms with van der Waals surface area (Å²) in [6.07, 6.45) is 1.61. The smallest absolute Gasteiger partial charge is 0.254 e. The summed E-state index contributed by atoms with van der Waals surface area (Å²) in [5.41, 5.74) is 0.968. The number of para-hydroxylation sites is 1. The van der Waals surface area contributed by atoms with E-state index in [4.69, 9.17) is 0 Å². The van der Waals surface area contributed by atoms with Crippen molar-refractivity contribution in [1.29, 1.82) is 0 Å². The van der Waals surface area contributed by atoms with Crippen molar-refractivity contribution in [2.45, 2.75) is 0 Å². The SMILES string of the molecule is O=S(=O)=Nc1cccc2cccnc12. The minimum atomic E-state index is -2.44. The van der Waals surface area contributed by atoms with E-state index in [0.717, 1.165) is 5.39 Å². The Balaban J connectivity index is 2.84. The van der Waals surface area contributed by atoms with Crippen molar-refractivity contribution in [3.63, 3.8) is 0 Å². The highest BCUT2D eigenvalue weighted by atomic mass is 32.2. The molecule has 2 aromatic rings. The van der Waals surface area contributed by atoms with Gasteiger partial charge in [-0.15, -0.1) is 4.36 Å². The summed E-state index contributed by atoms with van der Waals surface area (Å²) >= 11 is 0. The molecule has 0 radical (unpaired) electrons. The average molecular weight is 206 g/mol. The molecule has 2 rings (SSSR count).